The Balaban J connectivity index is 2.20. The van der Waals surface area contributed by atoms with E-state index in [1.807, 2.05) is 30.3 Å². The average Bonchev–Trinajstić information content (AvgIpc) is 2.23. The summed E-state index contributed by atoms with van der Waals surface area (Å²) in [4.78, 5) is 11.2. The van der Waals surface area contributed by atoms with Crippen molar-refractivity contribution in [2.75, 3.05) is 0 Å². The molecule has 0 saturated carbocycles. The Bertz CT molecular complexity index is 323. The molecule has 0 aliphatic carbocycles. The molecular formula is C11H13NO2. The topological polar surface area (TPSA) is 49.3 Å². The Morgan fingerprint density at radius 3 is 2.71 bits per heavy atom. The molecular weight excluding hydrogens is 178 g/mol. The van der Waals surface area contributed by atoms with Crippen molar-refractivity contribution in [3.63, 3.8) is 0 Å². The number of nitrogens with one attached hydrogen (secondary N) is 1. The van der Waals surface area contributed by atoms with Crippen LogP contribution in [0.15, 0.2) is 30.3 Å². The van der Waals surface area contributed by atoms with Crippen LogP contribution in [0.5, 0.6) is 0 Å². The molecule has 1 amide bonds. The highest BCUT2D eigenvalue weighted by atomic mass is 16.3. The largest absolute Gasteiger partial charge is 0.391 e. The van der Waals surface area contributed by atoms with Gasteiger partial charge in [-0.25, -0.2) is 0 Å². The maximum atomic E-state index is 11.2. The van der Waals surface area contributed by atoms with E-state index < -0.39 is 6.10 Å². The molecule has 1 aliphatic heterocycles. The van der Waals surface area contributed by atoms with Crippen LogP contribution in [0.25, 0.3) is 0 Å². The van der Waals surface area contributed by atoms with Gasteiger partial charge in [0, 0.05) is 6.42 Å². The molecule has 2 atom stereocenters. The molecule has 0 radical (unpaired) electrons. The second kappa shape index (κ2) is 3.80. The van der Waals surface area contributed by atoms with Crippen LogP contribution < -0.4 is 5.32 Å². The lowest BCUT2D eigenvalue weighted by molar-refractivity contribution is -0.126. The van der Waals surface area contributed by atoms with Crippen molar-refractivity contribution >= 4 is 5.91 Å². The number of hydrogen-bond donors (Lipinski definition) is 2. The van der Waals surface area contributed by atoms with E-state index in [1.165, 1.54) is 0 Å². The molecule has 1 aromatic rings. The van der Waals surface area contributed by atoms with Crippen LogP contribution >= 0.6 is 0 Å². The lowest BCUT2D eigenvalue weighted by Crippen LogP contribution is -2.41. The Labute approximate surface area is 82.8 Å². The number of aliphatic hydroxyl groups excluding tert-OH is 1. The molecule has 0 unspecified atom stereocenters. The van der Waals surface area contributed by atoms with E-state index in [0.717, 1.165) is 5.56 Å². The zero-order valence-corrected chi connectivity index (χ0v) is 7.81. The number of rotatable bonds is 1. The summed E-state index contributed by atoms with van der Waals surface area (Å²) in [5.74, 6) is 0.0177. The van der Waals surface area contributed by atoms with Crippen molar-refractivity contribution < 1.29 is 9.90 Å². The Morgan fingerprint density at radius 2 is 2.00 bits per heavy atom. The predicted octanol–water partition coefficient (Wildman–Crippen LogP) is 0.999. The fourth-order valence-electron chi connectivity index (χ4n) is 1.75. The maximum Gasteiger partial charge on any atom is 0.220 e. The summed E-state index contributed by atoms with van der Waals surface area (Å²) in [7, 11) is 0. The second-order valence-electron chi connectivity index (χ2n) is 3.56. The van der Waals surface area contributed by atoms with Crippen LogP contribution in [0, 0.1) is 0 Å². The van der Waals surface area contributed by atoms with E-state index in [9.17, 15) is 9.90 Å². The van der Waals surface area contributed by atoms with Gasteiger partial charge in [0.05, 0.1) is 12.1 Å². The molecule has 14 heavy (non-hydrogen) atoms. The van der Waals surface area contributed by atoms with Gasteiger partial charge in [-0.1, -0.05) is 30.3 Å². The Kier molecular flexibility index (Phi) is 2.50. The molecule has 2 N–H and O–H groups in total. The number of amides is 1. The van der Waals surface area contributed by atoms with Gasteiger partial charge in [0.2, 0.25) is 5.91 Å². The molecule has 0 aromatic heterocycles. The first-order valence-corrected chi connectivity index (χ1v) is 4.80. The number of carbonyl (C=O) groups is 1. The second-order valence-corrected chi connectivity index (χ2v) is 3.56. The molecule has 0 bridgehead atoms. The van der Waals surface area contributed by atoms with Gasteiger partial charge in [0.25, 0.3) is 0 Å². The summed E-state index contributed by atoms with van der Waals surface area (Å²) in [6.07, 6.45) is 0.505. The summed E-state index contributed by atoms with van der Waals surface area (Å²) < 4.78 is 0. The fraction of sp³-hybridized carbons (Fsp3) is 0.364. The third-order valence-electron chi connectivity index (χ3n) is 2.53. The highest BCUT2D eigenvalue weighted by Gasteiger charge is 2.27. The normalized spacial score (nSPS) is 27.1. The number of carbonyl (C=O) groups excluding carboxylic acids is 1. The first-order chi connectivity index (χ1) is 6.77. The van der Waals surface area contributed by atoms with Gasteiger partial charge in [-0.15, -0.1) is 0 Å². The molecule has 0 spiro atoms. The SMILES string of the molecule is O=C1CC[C@H](O)[C@H](c2ccccc2)N1. The van der Waals surface area contributed by atoms with Gasteiger partial charge in [0.15, 0.2) is 0 Å². The number of aliphatic hydroxyl groups is 1. The first kappa shape index (κ1) is 9.21. The quantitative estimate of drug-likeness (QED) is 0.695. The molecule has 2 rings (SSSR count). The fourth-order valence-corrected chi connectivity index (χ4v) is 1.75. The minimum Gasteiger partial charge on any atom is -0.391 e. The van der Waals surface area contributed by atoms with Crippen LogP contribution in [0.3, 0.4) is 0 Å². The molecule has 74 valence electrons. The third-order valence-corrected chi connectivity index (χ3v) is 2.53. The lowest BCUT2D eigenvalue weighted by atomic mass is 9.94. The zero-order chi connectivity index (χ0) is 9.97. The van der Waals surface area contributed by atoms with Crippen LogP contribution in [0.2, 0.25) is 0 Å². The third kappa shape index (κ3) is 1.77. The van der Waals surface area contributed by atoms with Crippen LogP contribution in [-0.2, 0) is 4.79 Å². The summed E-state index contributed by atoms with van der Waals surface area (Å²) in [6, 6.07) is 9.32. The van der Waals surface area contributed by atoms with Gasteiger partial charge in [-0.2, -0.15) is 0 Å². The lowest BCUT2D eigenvalue weighted by Gasteiger charge is -2.28. The summed E-state index contributed by atoms with van der Waals surface area (Å²) in [5, 5.41) is 12.5. The van der Waals surface area contributed by atoms with Crippen LogP contribution in [0.4, 0.5) is 0 Å². The standard InChI is InChI=1S/C11H13NO2/c13-9-6-7-10(14)12-11(9)8-4-2-1-3-5-8/h1-5,9,11,13H,6-7H2,(H,12,14)/t9-,11-/m0/s1. The van der Waals surface area contributed by atoms with E-state index in [4.69, 9.17) is 0 Å². The molecule has 1 heterocycles. The summed E-state index contributed by atoms with van der Waals surface area (Å²) in [6.45, 7) is 0. The number of hydrogen-bond acceptors (Lipinski definition) is 2. The minimum absolute atomic E-state index is 0.0177. The van der Waals surface area contributed by atoms with E-state index in [0.29, 0.717) is 12.8 Å². The molecule has 1 fully saturated rings. The van der Waals surface area contributed by atoms with Gasteiger partial charge in [-0.3, -0.25) is 4.79 Å². The minimum atomic E-state index is -0.463. The van der Waals surface area contributed by atoms with E-state index in [1.54, 1.807) is 0 Å². The van der Waals surface area contributed by atoms with Gasteiger partial charge >= 0.3 is 0 Å². The van der Waals surface area contributed by atoms with Crippen molar-refractivity contribution in [2.45, 2.75) is 25.0 Å². The number of piperidine rings is 1. The van der Waals surface area contributed by atoms with Crippen molar-refractivity contribution in [2.24, 2.45) is 0 Å². The molecule has 3 heteroatoms. The van der Waals surface area contributed by atoms with Crippen LogP contribution in [0.1, 0.15) is 24.4 Å². The first-order valence-electron chi connectivity index (χ1n) is 4.80. The Morgan fingerprint density at radius 1 is 1.29 bits per heavy atom. The van der Waals surface area contributed by atoms with Crippen LogP contribution in [-0.4, -0.2) is 17.1 Å². The molecule has 1 saturated heterocycles. The van der Waals surface area contributed by atoms with Crippen molar-refractivity contribution in [1.29, 1.82) is 0 Å². The highest BCUT2D eigenvalue weighted by molar-refractivity contribution is 5.77. The van der Waals surface area contributed by atoms with E-state index in [2.05, 4.69) is 5.32 Å². The van der Waals surface area contributed by atoms with Crippen molar-refractivity contribution in [3.8, 4) is 0 Å². The molecule has 1 aliphatic rings. The Hall–Kier alpha value is -1.35. The average molecular weight is 191 g/mol. The van der Waals surface area contributed by atoms with Gasteiger partial charge in [-0.05, 0) is 12.0 Å². The number of benzene rings is 1. The summed E-state index contributed by atoms with van der Waals surface area (Å²) in [5.41, 5.74) is 0.966. The van der Waals surface area contributed by atoms with Gasteiger partial charge < -0.3 is 10.4 Å². The smallest absolute Gasteiger partial charge is 0.220 e. The van der Waals surface area contributed by atoms with E-state index in [-0.39, 0.29) is 11.9 Å². The van der Waals surface area contributed by atoms with Crippen molar-refractivity contribution in [1.82, 2.24) is 5.32 Å². The molecule has 3 nitrogen and oxygen atoms in total. The van der Waals surface area contributed by atoms with Gasteiger partial charge in [0.1, 0.15) is 0 Å². The highest BCUT2D eigenvalue weighted by Crippen LogP contribution is 2.23. The maximum absolute atomic E-state index is 11.2. The molecule has 1 aromatic carbocycles. The zero-order valence-electron chi connectivity index (χ0n) is 7.81. The summed E-state index contributed by atoms with van der Waals surface area (Å²) >= 11 is 0. The monoisotopic (exact) mass is 191 g/mol. The van der Waals surface area contributed by atoms with Crippen molar-refractivity contribution in [3.05, 3.63) is 35.9 Å². The predicted molar refractivity (Wildman–Crippen MR) is 52.6 cm³/mol. The van der Waals surface area contributed by atoms with E-state index >= 15 is 0 Å².